The summed E-state index contributed by atoms with van der Waals surface area (Å²) in [6, 6.07) is 4.52. The zero-order valence-electron chi connectivity index (χ0n) is 10.6. The van der Waals surface area contributed by atoms with Gasteiger partial charge in [0.2, 0.25) is 15.9 Å². The largest absolute Gasteiger partial charge is 0.398 e. The Kier molecular flexibility index (Phi) is 4.26. The molecule has 108 valence electrons. The summed E-state index contributed by atoms with van der Waals surface area (Å²) >= 11 is 5.87. The number of aromatic nitrogens is 2. The highest BCUT2D eigenvalue weighted by Crippen LogP contribution is 2.26. The van der Waals surface area contributed by atoms with Gasteiger partial charge >= 0.3 is 0 Å². The van der Waals surface area contributed by atoms with Gasteiger partial charge in [-0.05, 0) is 12.1 Å². The van der Waals surface area contributed by atoms with E-state index in [1.54, 1.807) is 13.0 Å². The van der Waals surface area contributed by atoms with E-state index in [-0.39, 0.29) is 22.2 Å². The van der Waals surface area contributed by atoms with Crippen LogP contribution in [0.5, 0.6) is 0 Å². The molecular weight excluding hydrogens is 304 g/mol. The van der Waals surface area contributed by atoms with E-state index in [4.69, 9.17) is 21.9 Å². The van der Waals surface area contributed by atoms with Gasteiger partial charge in [-0.15, -0.1) is 0 Å². The Labute approximate surface area is 121 Å². The van der Waals surface area contributed by atoms with Gasteiger partial charge in [0.25, 0.3) is 0 Å². The highest BCUT2D eigenvalue weighted by molar-refractivity contribution is 7.89. The molecule has 0 atom stereocenters. The minimum atomic E-state index is -3.78. The topological polar surface area (TPSA) is 111 Å². The van der Waals surface area contributed by atoms with Gasteiger partial charge in [-0.2, -0.15) is 4.98 Å². The van der Waals surface area contributed by atoms with E-state index in [1.165, 1.54) is 12.1 Å². The Bertz CT molecular complexity index is 694. The van der Waals surface area contributed by atoms with E-state index in [0.29, 0.717) is 18.1 Å². The molecule has 0 bridgehead atoms. The van der Waals surface area contributed by atoms with Crippen LogP contribution >= 0.6 is 11.6 Å². The van der Waals surface area contributed by atoms with Gasteiger partial charge in [-0.1, -0.05) is 22.8 Å². The molecule has 0 spiro atoms. The molecule has 2 rings (SSSR count). The molecule has 0 aliphatic rings. The Morgan fingerprint density at radius 3 is 2.80 bits per heavy atom. The molecule has 0 aliphatic heterocycles. The first-order valence-electron chi connectivity index (χ1n) is 5.73. The minimum Gasteiger partial charge on any atom is -0.398 e. The quantitative estimate of drug-likeness (QED) is 0.800. The van der Waals surface area contributed by atoms with E-state index < -0.39 is 10.0 Å². The van der Waals surface area contributed by atoms with Crippen molar-refractivity contribution in [1.82, 2.24) is 14.9 Å². The Hall–Kier alpha value is -1.64. The molecule has 20 heavy (non-hydrogen) atoms. The van der Waals surface area contributed by atoms with E-state index in [1.807, 2.05) is 0 Å². The van der Waals surface area contributed by atoms with Crippen molar-refractivity contribution >= 4 is 27.3 Å². The summed E-state index contributed by atoms with van der Waals surface area (Å²) in [6.45, 7) is 1.77. The fourth-order valence-electron chi connectivity index (χ4n) is 1.62. The first-order chi connectivity index (χ1) is 9.40. The molecule has 0 unspecified atom stereocenters. The van der Waals surface area contributed by atoms with Crippen LogP contribution in [0.15, 0.2) is 27.6 Å². The van der Waals surface area contributed by atoms with Crippen molar-refractivity contribution in [3.05, 3.63) is 34.9 Å². The van der Waals surface area contributed by atoms with Crippen molar-refractivity contribution in [3.8, 4) is 0 Å². The predicted octanol–water partition coefficient (Wildman–Crippen LogP) is 1.13. The van der Waals surface area contributed by atoms with Crippen molar-refractivity contribution in [2.45, 2.75) is 18.2 Å². The van der Waals surface area contributed by atoms with Crippen LogP contribution in [0.4, 0.5) is 5.69 Å². The first-order valence-corrected chi connectivity index (χ1v) is 7.59. The lowest BCUT2D eigenvalue weighted by Crippen LogP contribution is -2.27. The van der Waals surface area contributed by atoms with Crippen molar-refractivity contribution < 1.29 is 12.9 Å². The molecule has 0 saturated heterocycles. The van der Waals surface area contributed by atoms with Crippen LogP contribution < -0.4 is 10.5 Å². The zero-order chi connectivity index (χ0) is 14.8. The zero-order valence-corrected chi connectivity index (χ0v) is 12.2. The van der Waals surface area contributed by atoms with Crippen LogP contribution in [0.2, 0.25) is 5.02 Å². The summed E-state index contributed by atoms with van der Waals surface area (Å²) in [5.74, 6) is 0.857. The van der Waals surface area contributed by atoms with Crippen molar-refractivity contribution in [3.63, 3.8) is 0 Å². The summed E-state index contributed by atoms with van der Waals surface area (Å²) in [6.07, 6.45) is 0.306. The number of hydrogen-bond donors (Lipinski definition) is 2. The Balaban J connectivity index is 2.08. The van der Waals surface area contributed by atoms with Gasteiger partial charge in [0.1, 0.15) is 4.90 Å². The van der Waals surface area contributed by atoms with E-state index in [0.717, 1.165) is 0 Å². The third-order valence-electron chi connectivity index (χ3n) is 2.48. The maximum absolute atomic E-state index is 12.1. The number of rotatable bonds is 5. The first kappa shape index (κ1) is 14.8. The number of hydrogen-bond acceptors (Lipinski definition) is 6. The van der Waals surface area contributed by atoms with Crippen LogP contribution in [-0.2, 0) is 16.4 Å². The number of nitrogen functional groups attached to an aromatic ring is 1. The molecule has 0 radical (unpaired) electrons. The van der Waals surface area contributed by atoms with Gasteiger partial charge in [0.15, 0.2) is 5.82 Å². The molecule has 7 nitrogen and oxygen atoms in total. The summed E-state index contributed by atoms with van der Waals surface area (Å²) < 4.78 is 31.5. The van der Waals surface area contributed by atoms with Crippen molar-refractivity contribution in [2.75, 3.05) is 12.3 Å². The summed E-state index contributed by atoms with van der Waals surface area (Å²) in [5.41, 5.74) is 5.75. The average Bonchev–Trinajstić information content (AvgIpc) is 2.74. The van der Waals surface area contributed by atoms with Crippen LogP contribution in [0.3, 0.4) is 0 Å². The molecule has 1 heterocycles. The van der Waals surface area contributed by atoms with Crippen molar-refractivity contribution in [2.24, 2.45) is 0 Å². The van der Waals surface area contributed by atoms with Gasteiger partial charge < -0.3 is 10.3 Å². The highest BCUT2D eigenvalue weighted by Gasteiger charge is 2.20. The smallest absolute Gasteiger partial charge is 0.244 e. The highest BCUT2D eigenvalue weighted by atomic mass is 35.5. The number of aryl methyl sites for hydroxylation is 1. The second-order valence-electron chi connectivity index (χ2n) is 4.04. The molecule has 9 heteroatoms. The number of nitrogens with one attached hydrogen (secondary N) is 1. The SMILES string of the molecule is Cc1nc(CCNS(=O)(=O)c2c(N)cccc2Cl)no1. The molecular formula is C11H13ClN4O3S. The molecule has 1 aromatic carbocycles. The number of sulfonamides is 1. The summed E-state index contributed by atoms with van der Waals surface area (Å²) in [5, 5.41) is 3.75. The maximum atomic E-state index is 12.1. The van der Waals surface area contributed by atoms with Gasteiger partial charge in [0.05, 0.1) is 10.7 Å². The lowest BCUT2D eigenvalue weighted by atomic mass is 10.3. The van der Waals surface area contributed by atoms with Crippen LogP contribution in [0, 0.1) is 6.92 Å². The molecule has 0 saturated carbocycles. The van der Waals surface area contributed by atoms with E-state index in [2.05, 4.69) is 14.9 Å². The molecule has 0 aliphatic carbocycles. The van der Waals surface area contributed by atoms with Crippen LogP contribution in [0.1, 0.15) is 11.7 Å². The lowest BCUT2D eigenvalue weighted by molar-refractivity contribution is 0.387. The second-order valence-corrected chi connectivity index (χ2v) is 6.15. The van der Waals surface area contributed by atoms with Crippen LogP contribution in [-0.4, -0.2) is 25.1 Å². The fraction of sp³-hybridized carbons (Fsp3) is 0.273. The lowest BCUT2D eigenvalue weighted by Gasteiger charge is -2.09. The normalized spacial score (nSPS) is 11.7. The predicted molar refractivity (Wildman–Crippen MR) is 73.8 cm³/mol. The number of benzene rings is 1. The number of nitrogens with two attached hydrogens (primary N) is 1. The second kappa shape index (κ2) is 5.78. The van der Waals surface area contributed by atoms with Crippen molar-refractivity contribution in [1.29, 1.82) is 0 Å². The van der Waals surface area contributed by atoms with E-state index in [9.17, 15) is 8.42 Å². The molecule has 2 aromatic rings. The molecule has 1 aromatic heterocycles. The summed E-state index contributed by atoms with van der Waals surface area (Å²) in [7, 11) is -3.78. The Morgan fingerprint density at radius 1 is 1.45 bits per heavy atom. The monoisotopic (exact) mass is 316 g/mol. The molecule has 3 N–H and O–H groups in total. The summed E-state index contributed by atoms with van der Waals surface area (Å²) in [4.78, 5) is 3.86. The van der Waals surface area contributed by atoms with Gasteiger partial charge in [-0.3, -0.25) is 0 Å². The van der Waals surface area contributed by atoms with Gasteiger partial charge in [0, 0.05) is 19.9 Å². The number of nitrogens with zero attached hydrogens (tertiary/aromatic N) is 2. The average molecular weight is 317 g/mol. The Morgan fingerprint density at radius 2 is 2.20 bits per heavy atom. The van der Waals surface area contributed by atoms with Crippen LogP contribution in [0.25, 0.3) is 0 Å². The number of halogens is 1. The standard InChI is InChI=1S/C11H13ClN4O3S/c1-7-15-10(16-19-7)5-6-14-20(17,18)11-8(12)3-2-4-9(11)13/h2-4,14H,5-6,13H2,1H3. The molecule has 0 amide bonds. The number of anilines is 1. The third kappa shape index (κ3) is 3.27. The molecule has 0 fully saturated rings. The van der Waals surface area contributed by atoms with E-state index >= 15 is 0 Å². The van der Waals surface area contributed by atoms with Gasteiger partial charge in [-0.25, -0.2) is 13.1 Å². The maximum Gasteiger partial charge on any atom is 0.244 e. The third-order valence-corrected chi connectivity index (χ3v) is 4.48. The minimum absolute atomic E-state index is 0.0768. The fourth-order valence-corrected chi connectivity index (χ4v) is 3.33.